The maximum atomic E-state index is 12.9. The van der Waals surface area contributed by atoms with E-state index in [1.165, 1.54) is 16.7 Å². The molecule has 0 bridgehead atoms. The van der Waals surface area contributed by atoms with Crippen molar-refractivity contribution in [1.82, 2.24) is 10.6 Å². The molecule has 0 radical (unpaired) electrons. The van der Waals surface area contributed by atoms with Crippen LogP contribution in [0.25, 0.3) is 0 Å². The second-order valence-corrected chi connectivity index (χ2v) is 9.00. The topological polar surface area (TPSA) is 70.2 Å². The number of amides is 2. The largest absolute Gasteiger partial charge is 0.343 e. The van der Waals surface area contributed by atoms with Crippen LogP contribution in [0.15, 0.2) is 48.5 Å². The summed E-state index contributed by atoms with van der Waals surface area (Å²) in [5.74, 6) is 0.939. The number of hydrogen-bond acceptors (Lipinski definition) is 4. The van der Waals surface area contributed by atoms with Gasteiger partial charge in [0.1, 0.15) is 6.04 Å². The molecule has 1 heterocycles. The van der Waals surface area contributed by atoms with Gasteiger partial charge in [-0.15, -0.1) is 12.4 Å². The molecule has 1 aliphatic rings. The van der Waals surface area contributed by atoms with Crippen molar-refractivity contribution >= 4 is 41.7 Å². The summed E-state index contributed by atoms with van der Waals surface area (Å²) in [7, 11) is 0. The Kier molecular flexibility index (Phi) is 9.88. The van der Waals surface area contributed by atoms with Crippen LogP contribution in [0.1, 0.15) is 42.9 Å². The smallest absolute Gasteiger partial charge is 0.246 e. The molecule has 5 nitrogen and oxygen atoms in total. The molecule has 0 aliphatic carbocycles. The lowest BCUT2D eigenvalue weighted by atomic mass is 9.95. The van der Waals surface area contributed by atoms with E-state index in [2.05, 4.69) is 41.9 Å². The summed E-state index contributed by atoms with van der Waals surface area (Å²) in [4.78, 5) is 25.8. The molecule has 2 unspecified atom stereocenters. The Morgan fingerprint density at radius 1 is 1.10 bits per heavy atom. The van der Waals surface area contributed by atoms with Crippen LogP contribution in [0.2, 0.25) is 0 Å². The summed E-state index contributed by atoms with van der Waals surface area (Å²) in [6, 6.07) is 15.2. The highest BCUT2D eigenvalue weighted by atomic mass is 35.5. The van der Waals surface area contributed by atoms with E-state index in [1.54, 1.807) is 11.8 Å². The number of fused-ring (bicyclic) bond motifs is 1. The standard InChI is InChI=1S/C24H31N3O2S.ClH/c1-16(2)17-8-10-20(11-9-17)26-23(28)21(12-13-30-3)27-24(29)22-14-18-6-4-5-7-19(18)15-25-22;/h4-11,16,21-22,25H,12-15H2,1-3H3,(H,26,28)(H,27,29);1H. The van der Waals surface area contributed by atoms with E-state index >= 15 is 0 Å². The maximum Gasteiger partial charge on any atom is 0.246 e. The number of thioether (sulfide) groups is 1. The Labute approximate surface area is 195 Å². The first-order valence-corrected chi connectivity index (χ1v) is 11.9. The third-order valence-electron chi connectivity index (χ3n) is 5.49. The van der Waals surface area contributed by atoms with E-state index in [0.717, 1.165) is 11.4 Å². The molecule has 0 spiro atoms. The SMILES string of the molecule is CSCCC(NC(=O)C1Cc2ccccc2CN1)C(=O)Nc1ccc(C(C)C)cc1.Cl. The minimum atomic E-state index is -0.561. The van der Waals surface area contributed by atoms with Crippen molar-refractivity contribution in [1.29, 1.82) is 0 Å². The van der Waals surface area contributed by atoms with Crippen LogP contribution in [-0.4, -0.2) is 35.9 Å². The normalized spacial score (nSPS) is 16.1. The molecule has 2 aromatic carbocycles. The number of benzene rings is 2. The fourth-order valence-electron chi connectivity index (χ4n) is 3.60. The Bertz CT molecular complexity index is 873. The Hall–Kier alpha value is -2.02. The average Bonchev–Trinajstić information content (AvgIpc) is 2.76. The predicted molar refractivity (Wildman–Crippen MR) is 132 cm³/mol. The Balaban J connectivity index is 0.00000341. The van der Waals surface area contributed by atoms with Gasteiger partial charge in [-0.3, -0.25) is 9.59 Å². The van der Waals surface area contributed by atoms with E-state index < -0.39 is 6.04 Å². The average molecular weight is 462 g/mol. The number of hydrogen-bond donors (Lipinski definition) is 3. The summed E-state index contributed by atoms with van der Waals surface area (Å²) >= 11 is 1.67. The van der Waals surface area contributed by atoms with Crippen molar-refractivity contribution < 1.29 is 9.59 Å². The first kappa shape index (κ1) is 25.2. The van der Waals surface area contributed by atoms with Crippen LogP contribution in [0.5, 0.6) is 0 Å². The number of carbonyl (C=O) groups is 2. The van der Waals surface area contributed by atoms with Crippen LogP contribution < -0.4 is 16.0 Å². The van der Waals surface area contributed by atoms with Gasteiger partial charge in [0.05, 0.1) is 6.04 Å². The van der Waals surface area contributed by atoms with Crippen molar-refractivity contribution in [3.63, 3.8) is 0 Å². The first-order valence-electron chi connectivity index (χ1n) is 10.5. The summed E-state index contributed by atoms with van der Waals surface area (Å²) in [6.07, 6.45) is 3.22. The molecule has 3 N–H and O–H groups in total. The van der Waals surface area contributed by atoms with Crippen molar-refractivity contribution in [2.24, 2.45) is 0 Å². The molecule has 2 amide bonds. The zero-order chi connectivity index (χ0) is 21.5. The van der Waals surface area contributed by atoms with E-state index in [9.17, 15) is 9.59 Å². The molecule has 0 aromatic heterocycles. The third-order valence-corrected chi connectivity index (χ3v) is 6.13. The summed E-state index contributed by atoms with van der Waals surface area (Å²) in [5, 5.41) is 9.23. The fraction of sp³-hybridized carbons (Fsp3) is 0.417. The van der Waals surface area contributed by atoms with Gasteiger partial charge in [0.2, 0.25) is 11.8 Å². The number of anilines is 1. The van der Waals surface area contributed by atoms with Crippen molar-refractivity contribution in [3.05, 3.63) is 65.2 Å². The Morgan fingerprint density at radius 3 is 2.42 bits per heavy atom. The minimum Gasteiger partial charge on any atom is -0.343 e. The van der Waals surface area contributed by atoms with Crippen LogP contribution in [-0.2, 0) is 22.6 Å². The maximum absolute atomic E-state index is 12.9. The molecule has 0 saturated carbocycles. The van der Waals surface area contributed by atoms with E-state index in [4.69, 9.17) is 0 Å². The van der Waals surface area contributed by atoms with E-state index in [0.29, 0.717) is 25.3 Å². The number of rotatable bonds is 8. The third kappa shape index (κ3) is 6.99. The van der Waals surface area contributed by atoms with Gasteiger partial charge in [0, 0.05) is 12.2 Å². The number of halogens is 1. The fourth-order valence-corrected chi connectivity index (χ4v) is 4.07. The summed E-state index contributed by atoms with van der Waals surface area (Å²) < 4.78 is 0. The molecule has 1 aliphatic heterocycles. The van der Waals surface area contributed by atoms with Gasteiger partial charge < -0.3 is 16.0 Å². The summed E-state index contributed by atoms with van der Waals surface area (Å²) in [5.41, 5.74) is 4.39. The molecule has 0 saturated heterocycles. The molecular formula is C24H32ClN3O2S. The Morgan fingerprint density at radius 2 is 1.77 bits per heavy atom. The lowest BCUT2D eigenvalue weighted by molar-refractivity contribution is -0.128. The van der Waals surface area contributed by atoms with Gasteiger partial charge in [-0.25, -0.2) is 0 Å². The van der Waals surface area contributed by atoms with Gasteiger partial charge in [-0.05, 0) is 59.6 Å². The molecular weight excluding hydrogens is 430 g/mol. The van der Waals surface area contributed by atoms with Gasteiger partial charge in [0.25, 0.3) is 0 Å². The minimum absolute atomic E-state index is 0. The molecule has 168 valence electrons. The van der Waals surface area contributed by atoms with Crippen LogP contribution in [0.3, 0.4) is 0 Å². The second-order valence-electron chi connectivity index (χ2n) is 8.01. The zero-order valence-electron chi connectivity index (χ0n) is 18.3. The zero-order valence-corrected chi connectivity index (χ0v) is 19.9. The van der Waals surface area contributed by atoms with Gasteiger partial charge in [0.15, 0.2) is 0 Å². The molecule has 3 rings (SSSR count). The highest BCUT2D eigenvalue weighted by Gasteiger charge is 2.28. The van der Waals surface area contributed by atoms with Crippen molar-refractivity contribution in [2.75, 3.05) is 17.3 Å². The summed E-state index contributed by atoms with van der Waals surface area (Å²) in [6.45, 7) is 4.94. The molecule has 2 aromatic rings. The molecule has 7 heteroatoms. The van der Waals surface area contributed by atoms with Crippen molar-refractivity contribution in [2.45, 2.75) is 51.2 Å². The number of nitrogens with one attached hydrogen (secondary N) is 3. The second kappa shape index (κ2) is 12.1. The molecule has 0 fully saturated rings. The highest BCUT2D eigenvalue weighted by molar-refractivity contribution is 7.98. The van der Waals surface area contributed by atoms with Gasteiger partial charge in [-0.1, -0.05) is 50.2 Å². The monoisotopic (exact) mass is 461 g/mol. The lowest BCUT2D eigenvalue weighted by Gasteiger charge is -2.27. The van der Waals surface area contributed by atoms with Gasteiger partial charge in [-0.2, -0.15) is 11.8 Å². The van der Waals surface area contributed by atoms with Crippen LogP contribution in [0, 0.1) is 0 Å². The first-order chi connectivity index (χ1) is 14.5. The lowest BCUT2D eigenvalue weighted by Crippen LogP contribution is -2.53. The van der Waals surface area contributed by atoms with E-state index in [1.807, 2.05) is 42.7 Å². The van der Waals surface area contributed by atoms with Crippen LogP contribution >= 0.6 is 24.2 Å². The predicted octanol–water partition coefficient (Wildman–Crippen LogP) is 4.12. The highest BCUT2D eigenvalue weighted by Crippen LogP contribution is 2.18. The van der Waals surface area contributed by atoms with Crippen LogP contribution in [0.4, 0.5) is 5.69 Å². The molecule has 2 atom stereocenters. The van der Waals surface area contributed by atoms with Crippen molar-refractivity contribution in [3.8, 4) is 0 Å². The quantitative estimate of drug-likeness (QED) is 0.553. The van der Waals surface area contributed by atoms with Gasteiger partial charge >= 0.3 is 0 Å². The van der Waals surface area contributed by atoms with E-state index in [-0.39, 0.29) is 30.3 Å². The molecule has 31 heavy (non-hydrogen) atoms. The number of carbonyl (C=O) groups excluding carboxylic acids is 2.